The summed E-state index contributed by atoms with van der Waals surface area (Å²) < 4.78 is 7.02. The molecule has 1 aliphatic heterocycles. The first kappa shape index (κ1) is 14.1. The molecular formula is C18H19N3O2. The van der Waals surface area contributed by atoms with Gasteiger partial charge in [0.25, 0.3) is 0 Å². The molecule has 0 aliphatic carbocycles. The van der Waals surface area contributed by atoms with Crippen molar-refractivity contribution in [1.82, 2.24) is 9.47 Å². The van der Waals surface area contributed by atoms with Crippen molar-refractivity contribution in [2.45, 2.75) is 6.67 Å². The quantitative estimate of drug-likeness (QED) is 0.745. The van der Waals surface area contributed by atoms with Gasteiger partial charge >= 0.3 is 5.76 Å². The SMILES string of the molecule is O=c1oc2ccccc2n1CN1CCN(c2ccccc2)CC1. The van der Waals surface area contributed by atoms with Crippen molar-refractivity contribution in [1.29, 1.82) is 0 Å². The summed E-state index contributed by atoms with van der Waals surface area (Å²) in [7, 11) is 0. The van der Waals surface area contributed by atoms with Crippen LogP contribution in [0.2, 0.25) is 0 Å². The Labute approximate surface area is 134 Å². The predicted octanol–water partition coefficient (Wildman–Crippen LogP) is 2.37. The first-order valence-corrected chi connectivity index (χ1v) is 7.92. The van der Waals surface area contributed by atoms with Gasteiger partial charge in [0.2, 0.25) is 0 Å². The Morgan fingerprint density at radius 1 is 0.870 bits per heavy atom. The zero-order valence-corrected chi connectivity index (χ0v) is 12.9. The van der Waals surface area contributed by atoms with Crippen LogP contribution in [0.4, 0.5) is 5.69 Å². The van der Waals surface area contributed by atoms with Crippen LogP contribution in [0.25, 0.3) is 11.1 Å². The van der Waals surface area contributed by atoms with Crippen LogP contribution in [0.3, 0.4) is 0 Å². The number of nitrogens with zero attached hydrogens (tertiary/aromatic N) is 3. The predicted molar refractivity (Wildman–Crippen MR) is 90.7 cm³/mol. The summed E-state index contributed by atoms with van der Waals surface area (Å²) in [5, 5.41) is 0. The Kier molecular flexibility index (Phi) is 3.63. The van der Waals surface area contributed by atoms with Crippen molar-refractivity contribution in [3.05, 3.63) is 65.1 Å². The number of anilines is 1. The molecule has 1 aliphatic rings. The molecule has 0 bridgehead atoms. The van der Waals surface area contributed by atoms with Crippen LogP contribution in [-0.2, 0) is 6.67 Å². The smallest absolute Gasteiger partial charge is 0.408 e. The molecule has 5 nitrogen and oxygen atoms in total. The van der Waals surface area contributed by atoms with Gasteiger partial charge < -0.3 is 9.32 Å². The largest absolute Gasteiger partial charge is 0.421 e. The first-order valence-electron chi connectivity index (χ1n) is 7.92. The average molecular weight is 309 g/mol. The van der Waals surface area contributed by atoms with Crippen molar-refractivity contribution >= 4 is 16.8 Å². The van der Waals surface area contributed by atoms with Gasteiger partial charge in [0.05, 0.1) is 12.2 Å². The summed E-state index contributed by atoms with van der Waals surface area (Å²) in [4.78, 5) is 16.7. The van der Waals surface area contributed by atoms with Crippen molar-refractivity contribution < 1.29 is 4.42 Å². The molecule has 4 rings (SSSR count). The number of rotatable bonds is 3. The Balaban J connectivity index is 1.47. The lowest BCUT2D eigenvalue weighted by Gasteiger charge is -2.36. The standard InChI is InChI=1S/C18H19N3O2/c22-18-21(16-8-4-5-9-17(16)23-18)14-19-10-12-20(13-11-19)15-6-2-1-3-7-15/h1-9H,10-14H2. The fourth-order valence-electron chi connectivity index (χ4n) is 3.13. The van der Waals surface area contributed by atoms with Crippen LogP contribution in [0, 0.1) is 0 Å². The molecule has 1 saturated heterocycles. The van der Waals surface area contributed by atoms with Crippen LogP contribution < -0.4 is 10.7 Å². The minimum absolute atomic E-state index is 0.281. The number of hydrogen-bond donors (Lipinski definition) is 0. The van der Waals surface area contributed by atoms with Crippen molar-refractivity contribution in [2.24, 2.45) is 0 Å². The number of para-hydroxylation sites is 3. The summed E-state index contributed by atoms with van der Waals surface area (Å²) in [5.74, 6) is -0.281. The summed E-state index contributed by atoms with van der Waals surface area (Å²) in [5.41, 5.74) is 2.78. The molecule has 0 spiro atoms. The van der Waals surface area contributed by atoms with Crippen LogP contribution in [0.1, 0.15) is 0 Å². The van der Waals surface area contributed by atoms with E-state index in [2.05, 4.69) is 34.1 Å². The highest BCUT2D eigenvalue weighted by molar-refractivity contribution is 5.72. The second-order valence-electron chi connectivity index (χ2n) is 5.85. The third-order valence-electron chi connectivity index (χ3n) is 4.41. The molecule has 23 heavy (non-hydrogen) atoms. The second kappa shape index (κ2) is 5.93. The van der Waals surface area contributed by atoms with Crippen molar-refractivity contribution in [3.8, 4) is 0 Å². The molecule has 2 heterocycles. The highest BCUT2D eigenvalue weighted by Crippen LogP contribution is 2.17. The number of fused-ring (bicyclic) bond motifs is 1. The molecule has 2 aromatic carbocycles. The third kappa shape index (κ3) is 2.75. The van der Waals surface area contributed by atoms with E-state index < -0.39 is 0 Å². The average Bonchev–Trinajstić information content (AvgIpc) is 2.92. The van der Waals surface area contributed by atoms with E-state index >= 15 is 0 Å². The van der Waals surface area contributed by atoms with Gasteiger partial charge in [-0.1, -0.05) is 30.3 Å². The van der Waals surface area contributed by atoms with Gasteiger partial charge in [0, 0.05) is 31.9 Å². The van der Waals surface area contributed by atoms with Gasteiger partial charge in [0.15, 0.2) is 5.58 Å². The molecule has 3 aromatic rings. The molecule has 0 amide bonds. The molecule has 118 valence electrons. The molecule has 0 radical (unpaired) electrons. The normalized spacial score (nSPS) is 16.1. The molecule has 5 heteroatoms. The van der Waals surface area contributed by atoms with Gasteiger partial charge in [-0.25, -0.2) is 4.79 Å². The van der Waals surface area contributed by atoms with E-state index in [-0.39, 0.29) is 5.76 Å². The zero-order valence-electron chi connectivity index (χ0n) is 12.9. The molecule has 1 fully saturated rings. The van der Waals surface area contributed by atoms with Crippen molar-refractivity contribution in [3.63, 3.8) is 0 Å². The molecule has 0 N–H and O–H groups in total. The van der Waals surface area contributed by atoms with E-state index in [9.17, 15) is 4.79 Å². The fraction of sp³-hybridized carbons (Fsp3) is 0.278. The number of hydrogen-bond acceptors (Lipinski definition) is 4. The lowest BCUT2D eigenvalue weighted by Crippen LogP contribution is -2.47. The topological polar surface area (TPSA) is 41.6 Å². The highest BCUT2D eigenvalue weighted by atomic mass is 16.4. The molecule has 1 aromatic heterocycles. The lowest BCUT2D eigenvalue weighted by molar-refractivity contribution is 0.202. The van der Waals surface area contributed by atoms with Crippen LogP contribution in [-0.4, -0.2) is 35.6 Å². The maximum absolute atomic E-state index is 12.1. The van der Waals surface area contributed by atoms with E-state index in [0.717, 1.165) is 31.7 Å². The summed E-state index contributed by atoms with van der Waals surface area (Å²) in [6, 6.07) is 18.0. The molecule has 0 unspecified atom stereocenters. The fourth-order valence-corrected chi connectivity index (χ4v) is 3.13. The molecule has 0 saturated carbocycles. The maximum atomic E-state index is 12.1. The number of aromatic nitrogens is 1. The minimum atomic E-state index is -0.281. The molecule has 0 atom stereocenters. The highest BCUT2D eigenvalue weighted by Gasteiger charge is 2.19. The van der Waals surface area contributed by atoms with Crippen LogP contribution in [0.5, 0.6) is 0 Å². The van der Waals surface area contributed by atoms with Gasteiger partial charge in [-0.15, -0.1) is 0 Å². The monoisotopic (exact) mass is 309 g/mol. The van der Waals surface area contributed by atoms with Gasteiger partial charge in [-0.2, -0.15) is 0 Å². The Morgan fingerprint density at radius 3 is 2.35 bits per heavy atom. The number of benzene rings is 2. The first-order chi connectivity index (χ1) is 11.3. The zero-order chi connectivity index (χ0) is 15.6. The third-order valence-corrected chi connectivity index (χ3v) is 4.41. The Hall–Kier alpha value is -2.53. The number of oxazole rings is 1. The number of piperazine rings is 1. The minimum Gasteiger partial charge on any atom is -0.408 e. The summed E-state index contributed by atoms with van der Waals surface area (Å²) >= 11 is 0. The Morgan fingerprint density at radius 2 is 1.57 bits per heavy atom. The van der Waals surface area contributed by atoms with Gasteiger partial charge in [0.1, 0.15) is 0 Å². The van der Waals surface area contributed by atoms with Crippen LogP contribution >= 0.6 is 0 Å². The van der Waals surface area contributed by atoms with Gasteiger partial charge in [-0.3, -0.25) is 9.47 Å². The van der Waals surface area contributed by atoms with E-state index in [4.69, 9.17) is 4.42 Å². The van der Waals surface area contributed by atoms with E-state index in [0.29, 0.717) is 12.3 Å². The molecular weight excluding hydrogens is 290 g/mol. The summed E-state index contributed by atoms with van der Waals surface area (Å²) in [6.45, 7) is 4.38. The van der Waals surface area contributed by atoms with Gasteiger partial charge in [-0.05, 0) is 24.3 Å². The van der Waals surface area contributed by atoms with E-state index in [1.807, 2.05) is 30.3 Å². The van der Waals surface area contributed by atoms with Crippen LogP contribution in [0.15, 0.2) is 63.8 Å². The lowest BCUT2D eigenvalue weighted by atomic mass is 10.2. The van der Waals surface area contributed by atoms with Crippen molar-refractivity contribution in [2.75, 3.05) is 31.1 Å². The second-order valence-corrected chi connectivity index (χ2v) is 5.85. The maximum Gasteiger partial charge on any atom is 0.421 e. The summed E-state index contributed by atoms with van der Waals surface area (Å²) in [6.07, 6.45) is 0. The van der Waals surface area contributed by atoms with E-state index in [1.54, 1.807) is 4.57 Å². The Bertz CT molecular complexity index is 845. The van der Waals surface area contributed by atoms with E-state index in [1.165, 1.54) is 5.69 Å².